The van der Waals surface area contributed by atoms with Crippen molar-refractivity contribution in [1.29, 1.82) is 0 Å². The maximum atomic E-state index is 13.4. The van der Waals surface area contributed by atoms with Gasteiger partial charge in [-0.15, -0.1) is 0 Å². The maximum absolute atomic E-state index is 13.4. The van der Waals surface area contributed by atoms with E-state index in [9.17, 15) is 13.2 Å². The zero-order valence-electron chi connectivity index (χ0n) is 17.1. The van der Waals surface area contributed by atoms with E-state index in [1.54, 1.807) is 30.3 Å². The van der Waals surface area contributed by atoms with Gasteiger partial charge in [-0.2, -0.15) is 5.10 Å². The molecule has 8 heteroatoms. The molecule has 0 radical (unpaired) electrons. The summed E-state index contributed by atoms with van der Waals surface area (Å²) in [5.41, 5.74) is 5.38. The number of hydrogen-bond acceptors (Lipinski definition) is 4. The Morgan fingerprint density at radius 2 is 1.74 bits per heavy atom. The predicted molar refractivity (Wildman–Crippen MR) is 127 cm³/mol. The summed E-state index contributed by atoms with van der Waals surface area (Å²) >= 11 is 3.38. The number of nitrogens with zero attached hydrogens (tertiary/aromatic N) is 2. The molecule has 0 saturated heterocycles. The van der Waals surface area contributed by atoms with Crippen molar-refractivity contribution in [3.05, 3.63) is 94.0 Å². The summed E-state index contributed by atoms with van der Waals surface area (Å²) in [7, 11) is -3.96. The van der Waals surface area contributed by atoms with Crippen LogP contribution in [0.5, 0.6) is 0 Å². The van der Waals surface area contributed by atoms with Crippen molar-refractivity contribution in [2.24, 2.45) is 5.10 Å². The highest BCUT2D eigenvalue weighted by Gasteiger charge is 2.28. The molecule has 3 aromatic carbocycles. The molecule has 3 rings (SSSR count). The molecule has 0 aliphatic rings. The summed E-state index contributed by atoms with van der Waals surface area (Å²) < 4.78 is 28.7. The normalized spacial score (nSPS) is 11.5. The van der Waals surface area contributed by atoms with Crippen molar-refractivity contribution in [1.82, 2.24) is 5.43 Å². The molecule has 31 heavy (non-hydrogen) atoms. The van der Waals surface area contributed by atoms with E-state index in [4.69, 9.17) is 0 Å². The molecule has 0 heterocycles. The molecule has 0 aromatic heterocycles. The molecule has 1 N–H and O–H groups in total. The number of amides is 1. The van der Waals surface area contributed by atoms with Crippen LogP contribution in [0.1, 0.15) is 16.7 Å². The number of hydrazone groups is 1. The second-order valence-electron chi connectivity index (χ2n) is 6.89. The van der Waals surface area contributed by atoms with Crippen LogP contribution in [0.3, 0.4) is 0 Å². The molecule has 0 aliphatic carbocycles. The molecule has 3 aromatic rings. The van der Waals surface area contributed by atoms with Crippen molar-refractivity contribution in [2.45, 2.75) is 18.7 Å². The van der Waals surface area contributed by atoms with E-state index in [0.717, 1.165) is 25.5 Å². The van der Waals surface area contributed by atoms with Gasteiger partial charge in [-0.05, 0) is 60.9 Å². The van der Waals surface area contributed by atoms with Gasteiger partial charge in [0, 0.05) is 4.47 Å². The van der Waals surface area contributed by atoms with Gasteiger partial charge in [0.25, 0.3) is 15.9 Å². The van der Waals surface area contributed by atoms with E-state index < -0.39 is 22.5 Å². The Kier molecular flexibility index (Phi) is 7.25. The summed E-state index contributed by atoms with van der Waals surface area (Å²) in [5, 5.41) is 3.96. The lowest BCUT2D eigenvalue weighted by molar-refractivity contribution is -0.119. The van der Waals surface area contributed by atoms with Crippen LogP contribution in [-0.2, 0) is 14.8 Å². The first-order valence-corrected chi connectivity index (χ1v) is 11.7. The summed E-state index contributed by atoms with van der Waals surface area (Å²) in [6.45, 7) is 3.33. The van der Waals surface area contributed by atoms with E-state index >= 15 is 0 Å². The fourth-order valence-corrected chi connectivity index (χ4v) is 4.87. The maximum Gasteiger partial charge on any atom is 0.264 e. The smallest absolute Gasteiger partial charge is 0.264 e. The number of rotatable bonds is 7. The minimum absolute atomic E-state index is 0.112. The lowest BCUT2D eigenvalue weighted by atomic mass is 10.1. The van der Waals surface area contributed by atoms with Gasteiger partial charge in [0.1, 0.15) is 6.54 Å². The van der Waals surface area contributed by atoms with Gasteiger partial charge in [0.15, 0.2) is 0 Å². The molecular formula is C23H22BrN3O3S. The van der Waals surface area contributed by atoms with Gasteiger partial charge < -0.3 is 0 Å². The number of hydrogen-bond donors (Lipinski definition) is 1. The largest absolute Gasteiger partial charge is 0.271 e. The van der Waals surface area contributed by atoms with Crippen molar-refractivity contribution in [3.8, 4) is 0 Å². The average Bonchev–Trinajstić information content (AvgIpc) is 2.75. The van der Waals surface area contributed by atoms with Gasteiger partial charge >= 0.3 is 0 Å². The van der Waals surface area contributed by atoms with Crippen LogP contribution < -0.4 is 9.73 Å². The number of carbonyl (C=O) groups is 1. The summed E-state index contributed by atoms with van der Waals surface area (Å²) in [5.74, 6) is -0.549. The first kappa shape index (κ1) is 22.7. The Morgan fingerprint density at radius 1 is 1.03 bits per heavy atom. The average molecular weight is 500 g/mol. The van der Waals surface area contributed by atoms with Gasteiger partial charge in [0.05, 0.1) is 16.8 Å². The standard InChI is InChI=1S/C23H22BrN3O3S/c1-17-8-6-13-22(18(17)2)27(31(29,30)21-11-4-3-5-12-21)16-23(28)26-25-15-19-9-7-10-20(24)14-19/h3-15H,16H2,1-2H3,(H,26,28)/b25-15+. The highest BCUT2D eigenvalue weighted by atomic mass is 79.9. The van der Waals surface area contributed by atoms with Gasteiger partial charge in [-0.1, -0.05) is 58.4 Å². The molecule has 0 saturated carbocycles. The summed E-state index contributed by atoms with van der Waals surface area (Å²) in [6.07, 6.45) is 1.50. The predicted octanol–water partition coefficient (Wildman–Crippen LogP) is 4.41. The Hall–Kier alpha value is -2.97. The lowest BCUT2D eigenvalue weighted by Gasteiger charge is -2.26. The molecule has 0 aliphatic heterocycles. The first-order chi connectivity index (χ1) is 14.8. The first-order valence-electron chi connectivity index (χ1n) is 9.50. The van der Waals surface area contributed by atoms with Crippen molar-refractivity contribution >= 4 is 43.8 Å². The van der Waals surface area contributed by atoms with Crippen LogP contribution in [0.25, 0.3) is 0 Å². The third-order valence-corrected chi connectivity index (χ3v) is 6.98. The minimum Gasteiger partial charge on any atom is -0.271 e. The fraction of sp³-hybridized carbons (Fsp3) is 0.130. The molecule has 0 unspecified atom stereocenters. The second-order valence-corrected chi connectivity index (χ2v) is 9.67. The second kappa shape index (κ2) is 9.89. The molecule has 6 nitrogen and oxygen atoms in total. The Labute approximate surface area is 190 Å². The molecule has 160 valence electrons. The highest BCUT2D eigenvalue weighted by Crippen LogP contribution is 2.28. The molecule has 0 atom stereocenters. The zero-order chi connectivity index (χ0) is 22.4. The van der Waals surface area contributed by atoms with Crippen LogP contribution in [0.15, 0.2) is 87.3 Å². The van der Waals surface area contributed by atoms with Crippen LogP contribution in [0, 0.1) is 13.8 Å². The summed E-state index contributed by atoms with van der Waals surface area (Å²) in [6, 6.07) is 20.8. The van der Waals surface area contributed by atoms with Crippen molar-refractivity contribution < 1.29 is 13.2 Å². The molecular weight excluding hydrogens is 478 g/mol. The highest BCUT2D eigenvalue weighted by molar-refractivity contribution is 9.10. The van der Waals surface area contributed by atoms with Crippen LogP contribution in [0.2, 0.25) is 0 Å². The monoisotopic (exact) mass is 499 g/mol. The van der Waals surface area contributed by atoms with E-state index in [2.05, 4.69) is 26.5 Å². The fourth-order valence-electron chi connectivity index (χ4n) is 2.96. The quantitative estimate of drug-likeness (QED) is 0.386. The molecule has 0 fully saturated rings. The minimum atomic E-state index is -3.96. The summed E-state index contributed by atoms with van der Waals surface area (Å²) in [4.78, 5) is 12.7. The number of anilines is 1. The van der Waals surface area contributed by atoms with Crippen LogP contribution in [-0.4, -0.2) is 27.1 Å². The van der Waals surface area contributed by atoms with E-state index in [1.807, 2.05) is 44.2 Å². The Bertz CT molecular complexity index is 1210. The number of sulfonamides is 1. The van der Waals surface area contributed by atoms with E-state index in [-0.39, 0.29) is 4.90 Å². The van der Waals surface area contributed by atoms with E-state index in [0.29, 0.717) is 5.69 Å². The lowest BCUT2D eigenvalue weighted by Crippen LogP contribution is -2.40. The van der Waals surface area contributed by atoms with Gasteiger partial charge in [-0.3, -0.25) is 9.10 Å². The molecule has 1 amide bonds. The Balaban J connectivity index is 1.88. The number of aryl methyl sites for hydroxylation is 1. The zero-order valence-corrected chi connectivity index (χ0v) is 19.5. The third kappa shape index (κ3) is 5.59. The SMILES string of the molecule is Cc1cccc(N(CC(=O)N/N=C/c2cccc(Br)c2)S(=O)(=O)c2ccccc2)c1C. The Morgan fingerprint density at radius 3 is 2.45 bits per heavy atom. The third-order valence-electron chi connectivity index (χ3n) is 4.71. The van der Waals surface area contributed by atoms with Crippen LogP contribution in [0.4, 0.5) is 5.69 Å². The van der Waals surface area contributed by atoms with Crippen molar-refractivity contribution in [2.75, 3.05) is 10.8 Å². The van der Waals surface area contributed by atoms with Gasteiger partial charge in [0.2, 0.25) is 0 Å². The molecule has 0 bridgehead atoms. The number of nitrogens with one attached hydrogen (secondary N) is 1. The van der Waals surface area contributed by atoms with Crippen molar-refractivity contribution in [3.63, 3.8) is 0 Å². The molecule has 0 spiro atoms. The van der Waals surface area contributed by atoms with Crippen LogP contribution >= 0.6 is 15.9 Å². The van der Waals surface area contributed by atoms with Gasteiger partial charge in [-0.25, -0.2) is 13.8 Å². The van der Waals surface area contributed by atoms with E-state index in [1.165, 1.54) is 18.3 Å². The number of benzene rings is 3. The number of halogens is 1. The number of carbonyl (C=O) groups excluding carboxylic acids is 1. The topological polar surface area (TPSA) is 78.8 Å².